The lowest BCUT2D eigenvalue weighted by atomic mass is 10.1. The second-order valence-corrected chi connectivity index (χ2v) is 5.18. The van der Waals surface area contributed by atoms with Crippen molar-refractivity contribution in [2.45, 2.75) is 13.8 Å². The van der Waals surface area contributed by atoms with Crippen molar-refractivity contribution in [1.29, 1.82) is 0 Å². The van der Waals surface area contributed by atoms with Gasteiger partial charge in [0.1, 0.15) is 0 Å². The maximum atomic E-state index is 12.6. The summed E-state index contributed by atoms with van der Waals surface area (Å²) in [6.45, 7) is 3.67. The Morgan fingerprint density at radius 3 is 2.17 bits per heavy atom. The third-order valence-corrected chi connectivity index (χ3v) is 3.75. The molecule has 2 aromatic rings. The lowest BCUT2D eigenvalue weighted by Crippen LogP contribution is -2.32. The third-order valence-electron chi connectivity index (χ3n) is 3.75. The van der Waals surface area contributed by atoms with E-state index >= 15 is 0 Å². The average molecular weight is 309 g/mol. The second kappa shape index (κ2) is 5.68. The van der Waals surface area contributed by atoms with Crippen LogP contribution in [0.25, 0.3) is 0 Å². The number of rotatable bonds is 3. The fraction of sp³-hybridized carbons (Fsp3) is 0.167. The SMILES string of the molecule is CCOC(=O)c1cccc(C)c1N1C(=O)c2ccccc2C1=O. The molecule has 0 fully saturated rings. The molecule has 0 aromatic heterocycles. The molecule has 5 nitrogen and oxygen atoms in total. The predicted molar refractivity (Wildman–Crippen MR) is 84.7 cm³/mol. The van der Waals surface area contributed by atoms with Crippen molar-refractivity contribution < 1.29 is 19.1 Å². The molecule has 3 rings (SSSR count). The number of amides is 2. The fourth-order valence-electron chi connectivity index (χ4n) is 2.72. The lowest BCUT2D eigenvalue weighted by Gasteiger charge is -2.19. The van der Waals surface area contributed by atoms with Gasteiger partial charge in [-0.3, -0.25) is 9.59 Å². The number of hydrogen-bond donors (Lipinski definition) is 0. The zero-order chi connectivity index (χ0) is 16.6. The minimum absolute atomic E-state index is 0.210. The summed E-state index contributed by atoms with van der Waals surface area (Å²) < 4.78 is 5.04. The molecule has 0 saturated heterocycles. The minimum Gasteiger partial charge on any atom is -0.462 e. The maximum Gasteiger partial charge on any atom is 0.340 e. The van der Waals surface area contributed by atoms with E-state index in [9.17, 15) is 14.4 Å². The molecule has 0 unspecified atom stereocenters. The number of carbonyl (C=O) groups is 3. The largest absolute Gasteiger partial charge is 0.462 e. The van der Waals surface area contributed by atoms with E-state index in [1.165, 1.54) is 0 Å². The number of imide groups is 1. The Hall–Kier alpha value is -2.95. The van der Waals surface area contributed by atoms with E-state index in [2.05, 4.69) is 0 Å². The van der Waals surface area contributed by atoms with Crippen LogP contribution in [0.3, 0.4) is 0 Å². The predicted octanol–water partition coefficient (Wildman–Crippen LogP) is 2.97. The van der Waals surface area contributed by atoms with Crippen LogP contribution in [-0.4, -0.2) is 24.4 Å². The molecule has 0 atom stereocenters. The topological polar surface area (TPSA) is 63.7 Å². The Kier molecular flexibility index (Phi) is 3.70. The summed E-state index contributed by atoms with van der Waals surface area (Å²) in [5.41, 5.74) is 1.84. The Balaban J connectivity index is 2.15. The van der Waals surface area contributed by atoms with Gasteiger partial charge in [0.05, 0.1) is 29.0 Å². The van der Waals surface area contributed by atoms with Gasteiger partial charge in [-0.25, -0.2) is 9.69 Å². The molecule has 0 bridgehead atoms. The number of hydrogen-bond acceptors (Lipinski definition) is 4. The number of nitrogens with zero attached hydrogens (tertiary/aromatic N) is 1. The van der Waals surface area contributed by atoms with Crippen LogP contribution in [0.2, 0.25) is 0 Å². The summed E-state index contributed by atoms with van der Waals surface area (Å²) in [5, 5.41) is 0. The summed E-state index contributed by atoms with van der Waals surface area (Å²) in [5.74, 6) is -1.40. The zero-order valence-corrected chi connectivity index (χ0v) is 12.8. The van der Waals surface area contributed by atoms with Gasteiger partial charge in [-0.1, -0.05) is 24.3 Å². The first kappa shape index (κ1) is 15.0. The molecule has 0 spiro atoms. The van der Waals surface area contributed by atoms with E-state index in [0.717, 1.165) is 4.90 Å². The number of aryl methyl sites for hydroxylation is 1. The first-order valence-corrected chi connectivity index (χ1v) is 7.30. The summed E-state index contributed by atoms with van der Waals surface area (Å²) in [7, 11) is 0. The Morgan fingerprint density at radius 1 is 1.00 bits per heavy atom. The Labute approximate surface area is 133 Å². The number of fused-ring (bicyclic) bond motifs is 1. The van der Waals surface area contributed by atoms with Gasteiger partial charge < -0.3 is 4.74 Å². The minimum atomic E-state index is -0.553. The lowest BCUT2D eigenvalue weighted by molar-refractivity contribution is 0.0527. The van der Waals surface area contributed by atoms with Gasteiger partial charge in [0.15, 0.2) is 0 Å². The normalized spacial score (nSPS) is 13.2. The van der Waals surface area contributed by atoms with Crippen molar-refractivity contribution in [3.05, 3.63) is 64.7 Å². The number of esters is 1. The van der Waals surface area contributed by atoms with E-state index < -0.39 is 17.8 Å². The number of para-hydroxylation sites is 1. The summed E-state index contributed by atoms with van der Waals surface area (Å²) in [6, 6.07) is 11.6. The molecule has 116 valence electrons. The second-order valence-electron chi connectivity index (χ2n) is 5.18. The Bertz CT molecular complexity index is 791. The molecule has 5 heteroatoms. The molecule has 0 N–H and O–H groups in total. The summed E-state index contributed by atoms with van der Waals surface area (Å²) in [4.78, 5) is 38.5. The van der Waals surface area contributed by atoms with Crippen LogP contribution in [0.1, 0.15) is 43.6 Å². The van der Waals surface area contributed by atoms with Gasteiger partial charge in [-0.15, -0.1) is 0 Å². The monoisotopic (exact) mass is 309 g/mol. The molecule has 2 amide bonds. The molecular weight excluding hydrogens is 294 g/mol. The quantitative estimate of drug-likeness (QED) is 0.646. The fourth-order valence-corrected chi connectivity index (χ4v) is 2.72. The molecule has 23 heavy (non-hydrogen) atoms. The highest BCUT2D eigenvalue weighted by atomic mass is 16.5. The van der Waals surface area contributed by atoms with Gasteiger partial charge >= 0.3 is 5.97 Å². The van der Waals surface area contributed by atoms with Crippen LogP contribution >= 0.6 is 0 Å². The van der Waals surface area contributed by atoms with Crippen molar-refractivity contribution in [2.75, 3.05) is 11.5 Å². The molecular formula is C18H15NO4. The van der Waals surface area contributed by atoms with Crippen LogP contribution in [0.5, 0.6) is 0 Å². The third kappa shape index (κ3) is 2.30. The van der Waals surface area contributed by atoms with Crippen LogP contribution in [0.4, 0.5) is 5.69 Å². The molecule has 2 aromatic carbocycles. The highest BCUT2D eigenvalue weighted by molar-refractivity contribution is 6.35. The molecule has 0 saturated carbocycles. The first-order chi connectivity index (χ1) is 11.1. The van der Waals surface area contributed by atoms with Gasteiger partial charge in [0.2, 0.25) is 0 Å². The molecule has 1 aliphatic rings. The number of anilines is 1. The number of benzene rings is 2. The first-order valence-electron chi connectivity index (χ1n) is 7.30. The maximum absolute atomic E-state index is 12.6. The number of ether oxygens (including phenoxy) is 1. The molecule has 0 radical (unpaired) electrons. The van der Waals surface area contributed by atoms with Crippen molar-refractivity contribution in [1.82, 2.24) is 0 Å². The zero-order valence-electron chi connectivity index (χ0n) is 12.8. The van der Waals surface area contributed by atoms with E-state index in [0.29, 0.717) is 16.7 Å². The van der Waals surface area contributed by atoms with Crippen molar-refractivity contribution in [3.8, 4) is 0 Å². The highest BCUT2D eigenvalue weighted by Crippen LogP contribution is 2.33. The van der Waals surface area contributed by atoms with Gasteiger partial charge in [0, 0.05) is 0 Å². The van der Waals surface area contributed by atoms with Gasteiger partial charge in [0.25, 0.3) is 11.8 Å². The standard InChI is InChI=1S/C18H15NO4/c1-3-23-18(22)14-10-6-7-11(2)15(14)19-16(20)12-8-4-5-9-13(12)17(19)21/h4-10H,3H2,1-2H3. The van der Waals surface area contributed by atoms with Gasteiger partial charge in [-0.2, -0.15) is 0 Å². The average Bonchev–Trinajstić information content (AvgIpc) is 2.80. The van der Waals surface area contributed by atoms with E-state index in [-0.39, 0.29) is 17.9 Å². The van der Waals surface area contributed by atoms with Crippen LogP contribution in [-0.2, 0) is 4.74 Å². The highest BCUT2D eigenvalue weighted by Gasteiger charge is 2.38. The smallest absolute Gasteiger partial charge is 0.340 e. The summed E-state index contributed by atoms with van der Waals surface area (Å²) in [6.07, 6.45) is 0. The molecule has 1 aliphatic heterocycles. The number of carbonyl (C=O) groups excluding carboxylic acids is 3. The van der Waals surface area contributed by atoms with Crippen molar-refractivity contribution in [2.24, 2.45) is 0 Å². The van der Waals surface area contributed by atoms with E-state index in [1.807, 2.05) is 0 Å². The van der Waals surface area contributed by atoms with Crippen molar-refractivity contribution >= 4 is 23.5 Å². The van der Waals surface area contributed by atoms with Gasteiger partial charge in [-0.05, 0) is 37.6 Å². The van der Waals surface area contributed by atoms with E-state index in [4.69, 9.17) is 4.74 Å². The van der Waals surface area contributed by atoms with Crippen LogP contribution < -0.4 is 4.90 Å². The summed E-state index contributed by atoms with van der Waals surface area (Å²) >= 11 is 0. The molecule has 0 aliphatic carbocycles. The van der Waals surface area contributed by atoms with Crippen LogP contribution in [0.15, 0.2) is 42.5 Å². The van der Waals surface area contributed by atoms with E-state index in [1.54, 1.807) is 56.3 Å². The molecule has 1 heterocycles. The van der Waals surface area contributed by atoms with Crippen LogP contribution in [0, 0.1) is 6.92 Å². The Morgan fingerprint density at radius 2 is 1.61 bits per heavy atom. The van der Waals surface area contributed by atoms with Crippen molar-refractivity contribution in [3.63, 3.8) is 0 Å².